The molecule has 0 aliphatic carbocycles. The Balaban J connectivity index is 2.33. The van der Waals surface area contributed by atoms with Crippen LogP contribution in [0.4, 0.5) is 9.59 Å². The lowest BCUT2D eigenvalue weighted by molar-refractivity contribution is -0.144. The number of rotatable bonds is 25. The average Bonchev–Trinajstić information content (AvgIpc) is 3.43. The number of carbonyl (C=O) groups is 4. The Bertz CT molecular complexity index is 777. The molecule has 12 heteroatoms. The van der Waals surface area contributed by atoms with Crippen LogP contribution in [0.15, 0.2) is 0 Å². The normalized spacial score (nSPS) is 16.2. The molecule has 2 N–H and O–H groups in total. The quantitative estimate of drug-likeness (QED) is 0.0793. The molecule has 0 aromatic rings. The van der Waals surface area contributed by atoms with E-state index in [-0.39, 0.29) is 50.2 Å². The van der Waals surface area contributed by atoms with Gasteiger partial charge >= 0.3 is 24.1 Å². The van der Waals surface area contributed by atoms with Crippen molar-refractivity contribution in [1.82, 2.24) is 20.4 Å². The molecule has 0 saturated carbocycles. The predicted octanol–water partition coefficient (Wildman–Crippen LogP) is 5.03. The summed E-state index contributed by atoms with van der Waals surface area (Å²) in [5, 5.41) is 5.42. The van der Waals surface area contributed by atoms with Crippen LogP contribution >= 0.6 is 0 Å². The smallest absolute Gasteiger partial charge is 0.407 e. The predicted molar refractivity (Wildman–Crippen MR) is 174 cm³/mol. The van der Waals surface area contributed by atoms with Crippen LogP contribution in [0.25, 0.3) is 0 Å². The summed E-state index contributed by atoms with van der Waals surface area (Å²) in [7, 11) is 2.14. The lowest BCUT2D eigenvalue weighted by Crippen LogP contribution is -2.35. The first kappa shape index (κ1) is 40.4. The summed E-state index contributed by atoms with van der Waals surface area (Å²) in [5.74, 6) is -0.605. The zero-order valence-corrected chi connectivity index (χ0v) is 28.7. The Morgan fingerprint density at radius 3 is 1.67 bits per heavy atom. The van der Waals surface area contributed by atoms with Gasteiger partial charge in [0, 0.05) is 32.2 Å². The van der Waals surface area contributed by atoms with Crippen LogP contribution in [0.1, 0.15) is 111 Å². The molecule has 0 aromatic heterocycles. The van der Waals surface area contributed by atoms with E-state index in [2.05, 4.69) is 41.3 Å². The number of alkyl carbamates (subject to hydrolysis) is 2. The first-order valence-corrected chi connectivity index (χ1v) is 17.3. The van der Waals surface area contributed by atoms with Crippen LogP contribution in [0.5, 0.6) is 0 Å². The fourth-order valence-corrected chi connectivity index (χ4v) is 5.27. The Morgan fingerprint density at radius 1 is 0.778 bits per heavy atom. The van der Waals surface area contributed by atoms with Crippen molar-refractivity contribution < 1.29 is 38.1 Å². The summed E-state index contributed by atoms with van der Waals surface area (Å²) in [6, 6.07) is 0.508. The molecule has 1 rings (SSSR count). The van der Waals surface area contributed by atoms with E-state index in [4.69, 9.17) is 18.9 Å². The number of ether oxygens (including phenoxy) is 4. The molecule has 12 nitrogen and oxygen atoms in total. The van der Waals surface area contributed by atoms with Crippen LogP contribution in [-0.2, 0) is 28.5 Å². The maximum Gasteiger partial charge on any atom is 0.407 e. The van der Waals surface area contributed by atoms with Gasteiger partial charge in [-0.25, -0.2) is 9.59 Å². The molecular weight excluding hydrogens is 580 g/mol. The van der Waals surface area contributed by atoms with Gasteiger partial charge in [0.05, 0.1) is 26.1 Å². The van der Waals surface area contributed by atoms with Crippen LogP contribution in [-0.4, -0.2) is 112 Å². The van der Waals surface area contributed by atoms with Gasteiger partial charge in [-0.3, -0.25) is 9.59 Å². The van der Waals surface area contributed by atoms with Crippen molar-refractivity contribution in [3.63, 3.8) is 0 Å². The van der Waals surface area contributed by atoms with Crippen LogP contribution in [0, 0.1) is 0 Å². The largest absolute Gasteiger partial charge is 0.466 e. The third-order valence-electron chi connectivity index (χ3n) is 8.10. The highest BCUT2D eigenvalue weighted by Gasteiger charge is 2.22. The third kappa shape index (κ3) is 20.2. The number of esters is 2. The zero-order valence-electron chi connectivity index (χ0n) is 28.7. The standard InChI is InChI=1S/C33H62N4O8/c1-6-13-28(8-3)44-32(40)34-19-11-25-42-30(38)17-23-37(22-16-27-15-10-21-36(27)5)24-18-31(39)43-26-12-20-35-33(41)45-29(9-4)14-7-2/h27-29H,6-26H2,1-5H3,(H,34,40)(H,35,41). The third-order valence-corrected chi connectivity index (χ3v) is 8.10. The first-order valence-electron chi connectivity index (χ1n) is 17.3. The number of carbonyl (C=O) groups excluding carboxylic acids is 4. The van der Waals surface area contributed by atoms with Gasteiger partial charge in [-0.05, 0) is 77.9 Å². The number of amides is 2. The van der Waals surface area contributed by atoms with E-state index in [1.165, 1.54) is 6.42 Å². The minimum Gasteiger partial charge on any atom is -0.466 e. The number of nitrogens with zero attached hydrogens (tertiary/aromatic N) is 2. The van der Waals surface area contributed by atoms with Gasteiger partial charge in [0.1, 0.15) is 12.2 Å². The van der Waals surface area contributed by atoms with E-state index in [1.54, 1.807) is 0 Å². The molecule has 3 unspecified atom stereocenters. The molecule has 1 heterocycles. The molecule has 0 spiro atoms. The fraction of sp³-hybridized carbons (Fsp3) is 0.879. The molecule has 262 valence electrons. The number of likely N-dealkylation sites (tertiary alicyclic amines) is 1. The molecule has 2 amide bonds. The second-order valence-corrected chi connectivity index (χ2v) is 11.9. The molecular formula is C33H62N4O8. The van der Waals surface area contributed by atoms with E-state index in [0.717, 1.165) is 64.5 Å². The first-order chi connectivity index (χ1) is 21.7. The van der Waals surface area contributed by atoms with Gasteiger partial charge in [-0.2, -0.15) is 0 Å². The SMILES string of the molecule is CCCC(CC)OC(=O)NCCCOC(=O)CCN(CCC(=O)OCCCNC(=O)OC(CC)CCC)CCC1CCCN1C. The topological polar surface area (TPSA) is 136 Å². The van der Waals surface area contributed by atoms with Crippen molar-refractivity contribution in [3.05, 3.63) is 0 Å². The second-order valence-electron chi connectivity index (χ2n) is 11.9. The van der Waals surface area contributed by atoms with Crippen molar-refractivity contribution in [3.8, 4) is 0 Å². The molecule has 1 aliphatic rings. The van der Waals surface area contributed by atoms with Crippen molar-refractivity contribution in [2.75, 3.05) is 59.5 Å². The van der Waals surface area contributed by atoms with Crippen molar-refractivity contribution in [2.24, 2.45) is 0 Å². The van der Waals surface area contributed by atoms with Crippen molar-refractivity contribution in [2.45, 2.75) is 129 Å². The lowest BCUT2D eigenvalue weighted by Gasteiger charge is -2.26. The molecule has 0 bridgehead atoms. The molecule has 45 heavy (non-hydrogen) atoms. The van der Waals surface area contributed by atoms with Gasteiger partial charge in [0.25, 0.3) is 0 Å². The van der Waals surface area contributed by atoms with E-state index in [9.17, 15) is 19.2 Å². The zero-order chi connectivity index (χ0) is 33.3. The van der Waals surface area contributed by atoms with E-state index >= 15 is 0 Å². The molecule has 0 aromatic carbocycles. The maximum atomic E-state index is 12.4. The average molecular weight is 643 g/mol. The Morgan fingerprint density at radius 2 is 1.27 bits per heavy atom. The number of hydrogen-bond donors (Lipinski definition) is 2. The Labute approximate surface area is 271 Å². The van der Waals surface area contributed by atoms with E-state index in [1.807, 2.05) is 13.8 Å². The van der Waals surface area contributed by atoms with Gasteiger partial charge in [-0.1, -0.05) is 40.5 Å². The second kappa shape index (κ2) is 25.6. The molecule has 1 fully saturated rings. The van der Waals surface area contributed by atoms with Crippen molar-refractivity contribution in [1.29, 1.82) is 0 Å². The van der Waals surface area contributed by atoms with E-state index in [0.29, 0.717) is 45.1 Å². The maximum absolute atomic E-state index is 12.4. The lowest BCUT2D eigenvalue weighted by atomic mass is 10.1. The van der Waals surface area contributed by atoms with Gasteiger partial charge in [-0.15, -0.1) is 0 Å². The van der Waals surface area contributed by atoms with Gasteiger partial charge in [0.15, 0.2) is 0 Å². The van der Waals surface area contributed by atoms with Crippen LogP contribution in [0.3, 0.4) is 0 Å². The minimum absolute atomic E-state index is 0.0738. The number of nitrogens with one attached hydrogen (secondary N) is 2. The fourth-order valence-electron chi connectivity index (χ4n) is 5.27. The molecule has 1 aliphatic heterocycles. The highest BCUT2D eigenvalue weighted by Crippen LogP contribution is 2.18. The van der Waals surface area contributed by atoms with Crippen LogP contribution in [0.2, 0.25) is 0 Å². The van der Waals surface area contributed by atoms with Crippen molar-refractivity contribution >= 4 is 24.1 Å². The summed E-state index contributed by atoms with van der Waals surface area (Å²) in [6.07, 6.45) is 8.91. The molecule has 3 atom stereocenters. The summed E-state index contributed by atoms with van der Waals surface area (Å²) in [5.41, 5.74) is 0. The highest BCUT2D eigenvalue weighted by atomic mass is 16.6. The summed E-state index contributed by atoms with van der Waals surface area (Å²) < 4.78 is 21.5. The summed E-state index contributed by atoms with van der Waals surface area (Å²) >= 11 is 0. The summed E-state index contributed by atoms with van der Waals surface area (Å²) in [4.78, 5) is 53.2. The minimum atomic E-state index is -0.437. The molecule has 1 saturated heterocycles. The van der Waals surface area contributed by atoms with E-state index < -0.39 is 12.2 Å². The Kier molecular flexibility index (Phi) is 23.0. The molecule has 0 radical (unpaired) electrons. The summed E-state index contributed by atoms with van der Waals surface area (Å²) in [6.45, 7) is 12.1. The highest BCUT2D eigenvalue weighted by molar-refractivity contribution is 5.70. The van der Waals surface area contributed by atoms with Gasteiger partial charge in [0.2, 0.25) is 0 Å². The number of hydrogen-bond acceptors (Lipinski definition) is 10. The van der Waals surface area contributed by atoms with Crippen LogP contribution < -0.4 is 10.6 Å². The van der Waals surface area contributed by atoms with Gasteiger partial charge < -0.3 is 39.4 Å². The Hall–Kier alpha value is -2.60. The monoisotopic (exact) mass is 642 g/mol.